The monoisotopic (exact) mass is 433 g/mol. The molecule has 0 saturated carbocycles. The number of nitrogens with zero attached hydrogens (tertiary/aromatic N) is 1. The van der Waals surface area contributed by atoms with Gasteiger partial charge >= 0.3 is 5.97 Å². The Kier molecular flexibility index (Phi) is 7.86. The van der Waals surface area contributed by atoms with Crippen LogP contribution in [0.25, 0.3) is 6.08 Å². The Morgan fingerprint density at radius 2 is 1.69 bits per heavy atom. The van der Waals surface area contributed by atoms with Gasteiger partial charge < -0.3 is 18.9 Å². The summed E-state index contributed by atoms with van der Waals surface area (Å²) in [5, 5.41) is 0. The maximum atomic E-state index is 11.5. The second kappa shape index (κ2) is 11.0. The number of rotatable bonds is 9. The van der Waals surface area contributed by atoms with E-state index in [9.17, 15) is 4.79 Å². The number of aromatic nitrogens is 1. The molecule has 0 saturated heterocycles. The van der Waals surface area contributed by atoms with Crippen molar-refractivity contribution in [2.24, 2.45) is 0 Å². The van der Waals surface area contributed by atoms with Gasteiger partial charge in [-0.25, -0.2) is 9.78 Å². The van der Waals surface area contributed by atoms with Gasteiger partial charge in [0.1, 0.15) is 23.9 Å². The first kappa shape index (κ1) is 22.9. The molecule has 6 nitrogen and oxygen atoms in total. The maximum Gasteiger partial charge on any atom is 0.330 e. The third kappa shape index (κ3) is 6.35. The number of methoxy groups -OCH3 is 1. The molecular weight excluding hydrogens is 406 g/mol. The molecular formula is C26H27NO5. The summed E-state index contributed by atoms with van der Waals surface area (Å²) >= 11 is 0. The summed E-state index contributed by atoms with van der Waals surface area (Å²) in [6.45, 7) is 6.48. The molecule has 0 spiro atoms. The van der Waals surface area contributed by atoms with Gasteiger partial charge in [0.2, 0.25) is 5.88 Å². The minimum Gasteiger partial charge on any atom is -0.497 e. The van der Waals surface area contributed by atoms with Crippen molar-refractivity contribution in [3.63, 3.8) is 0 Å². The van der Waals surface area contributed by atoms with Crippen molar-refractivity contribution < 1.29 is 23.7 Å². The smallest absolute Gasteiger partial charge is 0.330 e. The second-order valence-electron chi connectivity index (χ2n) is 7.14. The highest BCUT2D eigenvalue weighted by molar-refractivity contribution is 5.87. The largest absolute Gasteiger partial charge is 0.497 e. The number of hydrogen-bond donors (Lipinski definition) is 0. The molecule has 1 aromatic heterocycles. The van der Waals surface area contributed by atoms with Crippen LogP contribution in [0.4, 0.5) is 0 Å². The van der Waals surface area contributed by atoms with Crippen LogP contribution >= 0.6 is 0 Å². The molecule has 0 unspecified atom stereocenters. The van der Waals surface area contributed by atoms with Crippen LogP contribution in [0.3, 0.4) is 0 Å². The van der Waals surface area contributed by atoms with Crippen LogP contribution in [0, 0.1) is 13.8 Å². The average Bonchev–Trinajstić information content (AvgIpc) is 2.80. The summed E-state index contributed by atoms with van der Waals surface area (Å²) in [6, 6.07) is 15.2. The summed E-state index contributed by atoms with van der Waals surface area (Å²) < 4.78 is 21.9. The lowest BCUT2D eigenvalue weighted by molar-refractivity contribution is -0.137. The fraction of sp³-hybridized carbons (Fsp3) is 0.231. The number of aryl methyl sites for hydroxylation is 2. The molecule has 3 rings (SSSR count). The minimum absolute atomic E-state index is 0.353. The number of esters is 1. The molecule has 0 radical (unpaired) electrons. The highest BCUT2D eigenvalue weighted by Gasteiger charge is 2.09. The van der Waals surface area contributed by atoms with E-state index in [1.165, 1.54) is 6.08 Å². The van der Waals surface area contributed by atoms with E-state index in [1.807, 2.05) is 56.3 Å². The fourth-order valence-corrected chi connectivity index (χ4v) is 3.10. The Hall–Kier alpha value is -3.80. The van der Waals surface area contributed by atoms with Crippen molar-refractivity contribution in [3.05, 3.63) is 83.1 Å². The van der Waals surface area contributed by atoms with Crippen LogP contribution < -0.4 is 14.2 Å². The molecule has 1 heterocycles. The summed E-state index contributed by atoms with van der Waals surface area (Å²) in [6.07, 6.45) is 4.79. The molecule has 3 aromatic rings. The van der Waals surface area contributed by atoms with Crippen LogP contribution in [0.15, 0.2) is 60.8 Å². The predicted octanol–water partition coefficient (Wildman–Crippen LogP) is 5.65. The van der Waals surface area contributed by atoms with Crippen molar-refractivity contribution in [2.75, 3.05) is 13.7 Å². The number of hydrogen-bond acceptors (Lipinski definition) is 6. The van der Waals surface area contributed by atoms with E-state index < -0.39 is 0 Å². The zero-order chi connectivity index (χ0) is 22.9. The van der Waals surface area contributed by atoms with E-state index in [2.05, 4.69) is 4.98 Å². The topological polar surface area (TPSA) is 66.9 Å². The highest BCUT2D eigenvalue weighted by Crippen LogP contribution is 2.30. The quantitative estimate of drug-likeness (QED) is 0.321. The van der Waals surface area contributed by atoms with Gasteiger partial charge in [0.05, 0.1) is 19.9 Å². The molecule has 2 aromatic carbocycles. The van der Waals surface area contributed by atoms with Gasteiger partial charge in [-0.05, 0) is 79.4 Å². The highest BCUT2D eigenvalue weighted by atomic mass is 16.5. The van der Waals surface area contributed by atoms with Gasteiger partial charge in [0.25, 0.3) is 0 Å². The van der Waals surface area contributed by atoms with Gasteiger partial charge in [-0.15, -0.1) is 0 Å². The molecule has 0 aliphatic carbocycles. The molecule has 0 amide bonds. The molecule has 0 bridgehead atoms. The van der Waals surface area contributed by atoms with Crippen LogP contribution in [0.5, 0.6) is 23.1 Å². The molecule has 0 fully saturated rings. The van der Waals surface area contributed by atoms with Crippen LogP contribution in [0.2, 0.25) is 0 Å². The molecule has 166 valence electrons. The SMILES string of the molecule is CCOC(=O)C=Cc1cc(C)c(Oc2ccc(OCc3ccc(OC)cc3)cn2)c(C)c1. The van der Waals surface area contributed by atoms with Crippen molar-refractivity contribution in [3.8, 4) is 23.1 Å². The Labute approximate surface area is 188 Å². The molecule has 6 heteroatoms. The van der Waals surface area contributed by atoms with Gasteiger partial charge in [-0.1, -0.05) is 12.1 Å². The van der Waals surface area contributed by atoms with Crippen molar-refractivity contribution in [1.29, 1.82) is 0 Å². The maximum absolute atomic E-state index is 11.5. The van der Waals surface area contributed by atoms with E-state index in [0.29, 0.717) is 24.8 Å². The first-order valence-electron chi connectivity index (χ1n) is 10.3. The Balaban J connectivity index is 1.62. The molecule has 0 N–H and O–H groups in total. The average molecular weight is 434 g/mol. The fourth-order valence-electron chi connectivity index (χ4n) is 3.10. The first-order chi connectivity index (χ1) is 15.5. The van der Waals surface area contributed by atoms with Gasteiger partial charge in [0.15, 0.2) is 0 Å². The number of pyridine rings is 1. The zero-order valence-corrected chi connectivity index (χ0v) is 18.8. The molecule has 32 heavy (non-hydrogen) atoms. The van der Waals surface area contributed by atoms with E-state index >= 15 is 0 Å². The van der Waals surface area contributed by atoms with Crippen LogP contribution in [-0.2, 0) is 16.1 Å². The Morgan fingerprint density at radius 3 is 2.28 bits per heavy atom. The summed E-state index contributed by atoms with van der Waals surface area (Å²) in [4.78, 5) is 15.9. The summed E-state index contributed by atoms with van der Waals surface area (Å²) in [5.41, 5.74) is 3.82. The molecule has 0 atom stereocenters. The first-order valence-corrected chi connectivity index (χ1v) is 10.3. The third-order valence-corrected chi connectivity index (χ3v) is 4.66. The summed E-state index contributed by atoms with van der Waals surface area (Å²) in [5.74, 6) is 2.31. The van der Waals surface area contributed by atoms with Crippen molar-refractivity contribution in [2.45, 2.75) is 27.4 Å². The van der Waals surface area contributed by atoms with Gasteiger partial charge in [-0.3, -0.25) is 0 Å². The number of benzene rings is 2. The van der Waals surface area contributed by atoms with E-state index in [-0.39, 0.29) is 5.97 Å². The van der Waals surface area contributed by atoms with Crippen LogP contribution in [0.1, 0.15) is 29.2 Å². The van der Waals surface area contributed by atoms with Gasteiger partial charge in [-0.2, -0.15) is 0 Å². The Bertz CT molecular complexity index is 1050. The summed E-state index contributed by atoms with van der Waals surface area (Å²) in [7, 11) is 1.64. The predicted molar refractivity (Wildman–Crippen MR) is 123 cm³/mol. The third-order valence-electron chi connectivity index (χ3n) is 4.66. The van der Waals surface area contributed by atoms with E-state index in [0.717, 1.165) is 33.8 Å². The normalized spacial score (nSPS) is 10.8. The lowest BCUT2D eigenvalue weighted by atomic mass is 10.1. The van der Waals surface area contributed by atoms with Gasteiger partial charge in [0, 0.05) is 12.1 Å². The minimum atomic E-state index is -0.360. The number of ether oxygens (including phenoxy) is 4. The molecule has 0 aliphatic rings. The zero-order valence-electron chi connectivity index (χ0n) is 18.8. The van der Waals surface area contributed by atoms with E-state index in [1.54, 1.807) is 32.4 Å². The standard InChI is InChI=1S/C26H27NO5/c1-5-30-25(28)13-8-21-14-18(2)26(19(3)15-21)32-24-12-11-23(16-27-24)31-17-20-6-9-22(29-4)10-7-20/h6-16H,5,17H2,1-4H3. The lowest BCUT2D eigenvalue weighted by Crippen LogP contribution is -1.99. The van der Waals surface area contributed by atoms with Crippen LogP contribution in [-0.4, -0.2) is 24.7 Å². The van der Waals surface area contributed by atoms with Crippen molar-refractivity contribution in [1.82, 2.24) is 4.98 Å². The lowest BCUT2D eigenvalue weighted by Gasteiger charge is -2.13. The number of carbonyl (C=O) groups excluding carboxylic acids is 1. The second-order valence-corrected chi connectivity index (χ2v) is 7.14. The number of carbonyl (C=O) groups is 1. The Morgan fingerprint density at radius 1 is 1.00 bits per heavy atom. The van der Waals surface area contributed by atoms with Crippen molar-refractivity contribution >= 4 is 12.0 Å². The van der Waals surface area contributed by atoms with E-state index in [4.69, 9.17) is 18.9 Å². The molecule has 0 aliphatic heterocycles.